The summed E-state index contributed by atoms with van der Waals surface area (Å²) in [7, 11) is 0. The van der Waals surface area contributed by atoms with E-state index in [9.17, 15) is 27.9 Å². The summed E-state index contributed by atoms with van der Waals surface area (Å²) in [5.74, 6) is -1.48. The van der Waals surface area contributed by atoms with Crippen LogP contribution in [0.5, 0.6) is 0 Å². The highest BCUT2D eigenvalue weighted by molar-refractivity contribution is 5.96. The van der Waals surface area contributed by atoms with Crippen LogP contribution in [-0.2, 0) is 17.5 Å². The molecule has 0 radical (unpaired) electrons. The van der Waals surface area contributed by atoms with Gasteiger partial charge in [0.15, 0.2) is 0 Å². The molecule has 4 N–H and O–H groups in total. The highest BCUT2D eigenvalue weighted by atomic mass is 19.4. The largest absolute Gasteiger partial charge is 0.416 e. The van der Waals surface area contributed by atoms with Crippen molar-refractivity contribution >= 4 is 11.8 Å². The highest BCUT2D eigenvalue weighted by Crippen LogP contribution is 2.29. The van der Waals surface area contributed by atoms with Crippen molar-refractivity contribution in [2.75, 3.05) is 13.1 Å². The molecule has 2 aromatic rings. The lowest BCUT2D eigenvalue weighted by atomic mass is 9.99. The molecule has 0 spiro atoms. The van der Waals surface area contributed by atoms with Gasteiger partial charge in [-0.05, 0) is 49.1 Å². The van der Waals surface area contributed by atoms with Crippen LogP contribution < -0.4 is 16.0 Å². The molecule has 0 aliphatic rings. The second-order valence-electron chi connectivity index (χ2n) is 8.73. The summed E-state index contributed by atoms with van der Waals surface area (Å²) < 4.78 is 38.6. The van der Waals surface area contributed by atoms with Crippen LogP contribution in [0.4, 0.5) is 13.2 Å². The summed E-state index contributed by atoms with van der Waals surface area (Å²) in [6, 6.07) is 9.46. The van der Waals surface area contributed by atoms with Gasteiger partial charge in [-0.3, -0.25) is 9.59 Å². The number of aliphatic hydroxyl groups excluding tert-OH is 1. The molecular formula is C25H32F3N3O3. The van der Waals surface area contributed by atoms with E-state index in [2.05, 4.69) is 22.0 Å². The number of carbonyl (C=O) groups excluding carboxylic acids is 2. The summed E-state index contributed by atoms with van der Waals surface area (Å²) in [4.78, 5) is 24.6. The molecule has 2 atom stereocenters. The van der Waals surface area contributed by atoms with Gasteiger partial charge >= 0.3 is 6.18 Å². The number of halogens is 3. The van der Waals surface area contributed by atoms with E-state index in [4.69, 9.17) is 0 Å². The maximum absolute atomic E-state index is 12.9. The molecule has 0 heterocycles. The molecule has 0 aliphatic carbocycles. The van der Waals surface area contributed by atoms with Crippen LogP contribution >= 0.6 is 0 Å². The number of carbonyl (C=O) groups is 2. The summed E-state index contributed by atoms with van der Waals surface area (Å²) in [5.41, 5.74) is 2.25. The Hall–Kier alpha value is -2.91. The highest BCUT2D eigenvalue weighted by Gasteiger charge is 2.31. The maximum atomic E-state index is 12.9. The van der Waals surface area contributed by atoms with E-state index in [1.54, 1.807) is 0 Å². The zero-order valence-electron chi connectivity index (χ0n) is 19.8. The second-order valence-corrected chi connectivity index (χ2v) is 8.73. The van der Waals surface area contributed by atoms with Gasteiger partial charge in [-0.2, -0.15) is 13.2 Å². The fraction of sp³-hybridized carbons (Fsp3) is 0.440. The van der Waals surface area contributed by atoms with Crippen LogP contribution in [0.2, 0.25) is 0 Å². The normalized spacial score (nSPS) is 13.4. The summed E-state index contributed by atoms with van der Waals surface area (Å²) in [6.07, 6.45) is -5.41. The van der Waals surface area contributed by atoms with Gasteiger partial charge < -0.3 is 21.1 Å². The smallest absolute Gasteiger partial charge is 0.391 e. The third-order valence-electron chi connectivity index (χ3n) is 5.48. The molecule has 186 valence electrons. The van der Waals surface area contributed by atoms with Crippen molar-refractivity contribution in [3.8, 4) is 0 Å². The van der Waals surface area contributed by atoms with Crippen molar-refractivity contribution < 1.29 is 27.9 Å². The van der Waals surface area contributed by atoms with Crippen LogP contribution in [-0.4, -0.2) is 42.2 Å². The minimum Gasteiger partial charge on any atom is -0.391 e. The zero-order chi connectivity index (χ0) is 25.5. The maximum Gasteiger partial charge on any atom is 0.416 e. The number of aliphatic hydroxyl groups is 1. The van der Waals surface area contributed by atoms with E-state index in [0.717, 1.165) is 34.9 Å². The van der Waals surface area contributed by atoms with Gasteiger partial charge in [0, 0.05) is 18.7 Å². The lowest BCUT2D eigenvalue weighted by molar-refractivity contribution is -0.137. The van der Waals surface area contributed by atoms with Crippen molar-refractivity contribution in [2.45, 2.75) is 52.6 Å². The Labute approximate surface area is 197 Å². The van der Waals surface area contributed by atoms with Crippen molar-refractivity contribution in [3.63, 3.8) is 0 Å². The number of hydrogen-bond donors (Lipinski definition) is 4. The third-order valence-corrected chi connectivity index (χ3v) is 5.48. The molecule has 2 rings (SSSR count). The number of benzene rings is 2. The molecule has 0 fully saturated rings. The molecule has 2 amide bonds. The van der Waals surface area contributed by atoms with E-state index >= 15 is 0 Å². The van der Waals surface area contributed by atoms with Gasteiger partial charge in [0.1, 0.15) is 0 Å². The van der Waals surface area contributed by atoms with Crippen molar-refractivity contribution in [3.05, 3.63) is 70.3 Å². The minimum atomic E-state index is -4.57. The summed E-state index contributed by atoms with van der Waals surface area (Å²) in [5, 5.41) is 18.8. The molecule has 0 saturated carbocycles. The predicted molar refractivity (Wildman–Crippen MR) is 124 cm³/mol. The van der Waals surface area contributed by atoms with E-state index in [0.29, 0.717) is 13.1 Å². The molecule has 9 heteroatoms. The standard InChI is InChI=1S/C25H32F3N3O3/c1-15(2)23(33)21(13-29-12-19-9-8-16(3)10-17(19)4)31-22(32)14-30-24(34)18-6-5-7-20(11-18)25(26,27)28/h5-11,15,21,23,29,33H,12-14H2,1-4H3,(H,30,34)(H,31,32)/t21-,23-/m0/s1. The molecular weight excluding hydrogens is 447 g/mol. The fourth-order valence-corrected chi connectivity index (χ4v) is 3.49. The first-order valence-corrected chi connectivity index (χ1v) is 11.1. The molecule has 0 aromatic heterocycles. The van der Waals surface area contributed by atoms with Crippen molar-refractivity contribution in [1.82, 2.24) is 16.0 Å². The van der Waals surface area contributed by atoms with Crippen LogP contribution in [0, 0.1) is 19.8 Å². The summed E-state index contributed by atoms with van der Waals surface area (Å²) in [6.45, 7) is 8.08. The monoisotopic (exact) mass is 479 g/mol. The van der Waals surface area contributed by atoms with Gasteiger partial charge in [-0.1, -0.05) is 43.7 Å². The Morgan fingerprint density at radius 2 is 1.76 bits per heavy atom. The number of alkyl halides is 3. The SMILES string of the molecule is Cc1ccc(CNC[C@H](NC(=O)CNC(=O)c2cccc(C(F)(F)F)c2)[C@@H](O)C(C)C)c(C)c1. The Morgan fingerprint density at radius 1 is 1.06 bits per heavy atom. The summed E-state index contributed by atoms with van der Waals surface area (Å²) >= 11 is 0. The first-order valence-electron chi connectivity index (χ1n) is 11.1. The Balaban J connectivity index is 1.94. The van der Waals surface area contributed by atoms with Gasteiger partial charge in [-0.15, -0.1) is 0 Å². The van der Waals surface area contributed by atoms with E-state index in [-0.39, 0.29) is 11.5 Å². The van der Waals surface area contributed by atoms with Crippen LogP contribution in [0.3, 0.4) is 0 Å². The Bertz CT molecular complexity index is 993. The molecule has 2 aromatic carbocycles. The quantitative estimate of drug-likeness (QED) is 0.421. The lowest BCUT2D eigenvalue weighted by Crippen LogP contribution is -2.53. The van der Waals surface area contributed by atoms with Gasteiger partial charge in [0.05, 0.1) is 24.3 Å². The average Bonchev–Trinajstić information content (AvgIpc) is 2.77. The Morgan fingerprint density at radius 3 is 2.38 bits per heavy atom. The molecule has 0 saturated heterocycles. The molecule has 34 heavy (non-hydrogen) atoms. The second kappa shape index (κ2) is 12.0. The fourth-order valence-electron chi connectivity index (χ4n) is 3.49. The number of rotatable bonds is 10. The van der Waals surface area contributed by atoms with Crippen LogP contribution in [0.15, 0.2) is 42.5 Å². The molecule has 0 aliphatic heterocycles. The third kappa shape index (κ3) is 8.14. The van der Waals surface area contributed by atoms with Gasteiger partial charge in [0.25, 0.3) is 5.91 Å². The number of hydrogen-bond acceptors (Lipinski definition) is 4. The average molecular weight is 480 g/mol. The minimum absolute atomic E-state index is 0.132. The zero-order valence-corrected chi connectivity index (χ0v) is 19.8. The van der Waals surface area contributed by atoms with Crippen molar-refractivity contribution in [2.24, 2.45) is 5.92 Å². The van der Waals surface area contributed by atoms with Crippen LogP contribution in [0.1, 0.15) is 46.5 Å². The molecule has 0 bridgehead atoms. The number of amides is 2. The topological polar surface area (TPSA) is 90.5 Å². The van der Waals surface area contributed by atoms with Gasteiger partial charge in [0.2, 0.25) is 5.91 Å². The van der Waals surface area contributed by atoms with E-state index in [1.807, 2.05) is 39.8 Å². The van der Waals surface area contributed by atoms with Gasteiger partial charge in [-0.25, -0.2) is 0 Å². The first kappa shape index (κ1) is 27.3. The number of aryl methyl sites for hydroxylation is 2. The molecule has 6 nitrogen and oxygen atoms in total. The molecule has 0 unspecified atom stereocenters. The van der Waals surface area contributed by atoms with E-state index in [1.165, 1.54) is 6.07 Å². The van der Waals surface area contributed by atoms with E-state index < -0.39 is 42.2 Å². The van der Waals surface area contributed by atoms with Crippen LogP contribution in [0.25, 0.3) is 0 Å². The predicted octanol–water partition coefficient (Wildman–Crippen LogP) is 3.34. The Kier molecular flexibility index (Phi) is 9.64. The first-order chi connectivity index (χ1) is 15.9. The van der Waals surface area contributed by atoms with Crippen molar-refractivity contribution in [1.29, 1.82) is 0 Å². The number of nitrogens with one attached hydrogen (secondary N) is 3. The lowest BCUT2D eigenvalue weighted by Gasteiger charge is -2.27.